The minimum Gasteiger partial charge on any atom is -0.480 e. The zero-order valence-electron chi connectivity index (χ0n) is 15.8. The van der Waals surface area contributed by atoms with Crippen LogP contribution in [0.4, 0.5) is 0 Å². The Morgan fingerprint density at radius 2 is 1.86 bits per heavy atom. The zero-order chi connectivity index (χ0) is 20.6. The molecule has 28 heavy (non-hydrogen) atoms. The van der Waals surface area contributed by atoms with Crippen molar-refractivity contribution in [1.29, 1.82) is 0 Å². The SMILES string of the molecule is CC(NC(=O)C1CSC2c3ccccc3C(=O)N12)C(=O)NC(C(=O)O)C(C)C. The summed E-state index contributed by atoms with van der Waals surface area (Å²) in [5.74, 6) is -2.17. The molecule has 3 amide bonds. The van der Waals surface area contributed by atoms with Gasteiger partial charge >= 0.3 is 5.97 Å². The number of nitrogens with one attached hydrogen (secondary N) is 2. The summed E-state index contributed by atoms with van der Waals surface area (Å²) in [4.78, 5) is 50.6. The molecule has 1 aromatic rings. The number of carbonyl (C=O) groups is 4. The molecule has 0 aliphatic carbocycles. The number of nitrogens with zero attached hydrogens (tertiary/aromatic N) is 1. The lowest BCUT2D eigenvalue weighted by molar-refractivity contribution is -0.143. The van der Waals surface area contributed by atoms with Gasteiger partial charge in [0, 0.05) is 11.3 Å². The molecule has 150 valence electrons. The number of aliphatic carboxylic acids is 1. The molecule has 8 nitrogen and oxygen atoms in total. The molecule has 9 heteroatoms. The summed E-state index contributed by atoms with van der Waals surface area (Å²) < 4.78 is 0. The maximum atomic E-state index is 12.7. The molecule has 4 atom stereocenters. The van der Waals surface area contributed by atoms with E-state index in [1.807, 2.05) is 12.1 Å². The largest absolute Gasteiger partial charge is 0.480 e. The molecular weight excluding hydrogens is 382 g/mol. The predicted molar refractivity (Wildman–Crippen MR) is 104 cm³/mol. The number of hydrogen-bond donors (Lipinski definition) is 3. The first-order chi connectivity index (χ1) is 13.2. The van der Waals surface area contributed by atoms with Crippen molar-refractivity contribution in [3.8, 4) is 0 Å². The van der Waals surface area contributed by atoms with E-state index in [-0.39, 0.29) is 17.2 Å². The van der Waals surface area contributed by atoms with E-state index >= 15 is 0 Å². The Hall–Kier alpha value is -2.55. The molecule has 1 saturated heterocycles. The van der Waals surface area contributed by atoms with Crippen molar-refractivity contribution < 1.29 is 24.3 Å². The van der Waals surface area contributed by atoms with Crippen LogP contribution >= 0.6 is 11.8 Å². The fourth-order valence-electron chi connectivity index (χ4n) is 3.41. The Morgan fingerprint density at radius 3 is 2.50 bits per heavy atom. The number of amides is 3. The number of carbonyl (C=O) groups excluding carboxylic acids is 3. The summed E-state index contributed by atoms with van der Waals surface area (Å²) in [6.07, 6.45) is 0. The summed E-state index contributed by atoms with van der Waals surface area (Å²) in [5.41, 5.74) is 1.50. The van der Waals surface area contributed by atoms with E-state index in [2.05, 4.69) is 10.6 Å². The minimum atomic E-state index is -1.13. The van der Waals surface area contributed by atoms with Crippen LogP contribution in [0.15, 0.2) is 24.3 Å². The van der Waals surface area contributed by atoms with Gasteiger partial charge in [0.1, 0.15) is 23.5 Å². The van der Waals surface area contributed by atoms with Crippen molar-refractivity contribution in [1.82, 2.24) is 15.5 Å². The molecule has 3 N–H and O–H groups in total. The maximum Gasteiger partial charge on any atom is 0.326 e. The number of hydrogen-bond acceptors (Lipinski definition) is 5. The van der Waals surface area contributed by atoms with Crippen molar-refractivity contribution in [3.05, 3.63) is 35.4 Å². The fraction of sp³-hybridized carbons (Fsp3) is 0.474. The van der Waals surface area contributed by atoms with E-state index in [1.54, 1.807) is 30.9 Å². The number of fused-ring (bicyclic) bond motifs is 3. The first-order valence-electron chi connectivity index (χ1n) is 9.09. The molecule has 3 rings (SSSR count). The van der Waals surface area contributed by atoms with E-state index < -0.39 is 35.9 Å². The highest BCUT2D eigenvalue weighted by molar-refractivity contribution is 7.99. The minimum absolute atomic E-state index is 0.186. The fourth-order valence-corrected chi connectivity index (χ4v) is 4.87. The van der Waals surface area contributed by atoms with Gasteiger partial charge in [-0.15, -0.1) is 11.8 Å². The first-order valence-corrected chi connectivity index (χ1v) is 10.1. The van der Waals surface area contributed by atoms with Gasteiger partial charge in [0.2, 0.25) is 11.8 Å². The molecular formula is C19H23N3O5S. The third-order valence-corrected chi connectivity index (χ3v) is 6.28. The van der Waals surface area contributed by atoms with Gasteiger partial charge in [0.25, 0.3) is 5.91 Å². The van der Waals surface area contributed by atoms with E-state index in [1.165, 1.54) is 18.7 Å². The Balaban J connectivity index is 1.65. The Labute approximate surface area is 167 Å². The highest BCUT2D eigenvalue weighted by atomic mass is 32.2. The smallest absolute Gasteiger partial charge is 0.326 e. The van der Waals surface area contributed by atoms with Crippen molar-refractivity contribution in [2.45, 2.75) is 44.3 Å². The van der Waals surface area contributed by atoms with Crippen LogP contribution in [0, 0.1) is 5.92 Å². The highest BCUT2D eigenvalue weighted by Crippen LogP contribution is 2.48. The topological polar surface area (TPSA) is 116 Å². The van der Waals surface area contributed by atoms with E-state index in [0.717, 1.165) is 5.56 Å². The molecule has 0 spiro atoms. The van der Waals surface area contributed by atoms with Crippen molar-refractivity contribution in [3.63, 3.8) is 0 Å². The van der Waals surface area contributed by atoms with E-state index in [9.17, 15) is 24.3 Å². The maximum absolute atomic E-state index is 12.7. The van der Waals surface area contributed by atoms with Crippen LogP contribution < -0.4 is 10.6 Å². The molecule has 2 aliphatic heterocycles. The van der Waals surface area contributed by atoms with Crippen molar-refractivity contribution in [2.24, 2.45) is 5.92 Å². The highest BCUT2D eigenvalue weighted by Gasteiger charge is 2.48. The normalized spacial score (nSPS) is 22.4. The van der Waals surface area contributed by atoms with Gasteiger partial charge in [0.15, 0.2) is 0 Å². The third kappa shape index (κ3) is 3.58. The molecule has 1 fully saturated rings. The van der Waals surface area contributed by atoms with Gasteiger partial charge in [-0.25, -0.2) is 4.79 Å². The van der Waals surface area contributed by atoms with Gasteiger partial charge in [-0.2, -0.15) is 0 Å². The summed E-state index contributed by atoms with van der Waals surface area (Å²) in [6.45, 7) is 4.87. The Bertz CT molecular complexity index is 828. The predicted octanol–water partition coefficient (Wildman–Crippen LogP) is 0.986. The van der Waals surface area contributed by atoms with Gasteiger partial charge in [0.05, 0.1) is 0 Å². The van der Waals surface area contributed by atoms with E-state index in [0.29, 0.717) is 11.3 Å². The second-order valence-corrected chi connectivity index (χ2v) is 8.41. The summed E-state index contributed by atoms with van der Waals surface area (Å²) in [5, 5.41) is 14.1. The van der Waals surface area contributed by atoms with Crippen molar-refractivity contribution in [2.75, 3.05) is 5.75 Å². The monoisotopic (exact) mass is 405 g/mol. The average Bonchev–Trinajstić information content (AvgIpc) is 3.19. The number of carboxylic acids is 1. The van der Waals surface area contributed by atoms with Crippen LogP contribution in [0.2, 0.25) is 0 Å². The molecule has 4 unspecified atom stereocenters. The number of thioether (sulfide) groups is 1. The number of benzene rings is 1. The van der Waals surface area contributed by atoms with Crippen LogP contribution in [0.1, 0.15) is 42.1 Å². The lowest BCUT2D eigenvalue weighted by Crippen LogP contribution is -2.55. The van der Waals surface area contributed by atoms with Gasteiger partial charge < -0.3 is 20.6 Å². The molecule has 2 heterocycles. The second-order valence-electron chi connectivity index (χ2n) is 7.30. The van der Waals surface area contributed by atoms with Crippen LogP contribution in [0.5, 0.6) is 0 Å². The summed E-state index contributed by atoms with van der Waals surface area (Å²) in [7, 11) is 0. The third-order valence-electron chi connectivity index (χ3n) is 4.98. The standard InChI is InChI=1S/C19H23N3O5S/c1-9(2)14(19(26)27)21-15(23)10(3)20-16(24)13-8-28-18-12-7-5-4-6-11(12)17(25)22(13)18/h4-7,9-10,13-14,18H,8H2,1-3H3,(H,20,24)(H,21,23)(H,26,27). The van der Waals surface area contributed by atoms with Crippen LogP contribution in [0.3, 0.4) is 0 Å². The summed E-state index contributed by atoms with van der Waals surface area (Å²) >= 11 is 1.52. The number of rotatable bonds is 6. The van der Waals surface area contributed by atoms with Crippen LogP contribution in [0.25, 0.3) is 0 Å². The first kappa shape index (κ1) is 20.2. The lowest BCUT2D eigenvalue weighted by Gasteiger charge is -2.25. The Kier molecular flexibility index (Phi) is 5.64. The quantitative estimate of drug-likeness (QED) is 0.650. The van der Waals surface area contributed by atoms with Gasteiger partial charge in [-0.3, -0.25) is 14.4 Å². The average molecular weight is 405 g/mol. The summed E-state index contributed by atoms with van der Waals surface area (Å²) in [6, 6.07) is 4.66. The molecule has 0 radical (unpaired) electrons. The second kappa shape index (κ2) is 7.83. The van der Waals surface area contributed by atoms with Crippen LogP contribution in [-0.2, 0) is 14.4 Å². The molecule has 2 aliphatic rings. The van der Waals surface area contributed by atoms with E-state index in [4.69, 9.17) is 0 Å². The van der Waals surface area contributed by atoms with Crippen molar-refractivity contribution >= 4 is 35.5 Å². The molecule has 1 aromatic carbocycles. The molecule has 0 aromatic heterocycles. The molecule has 0 saturated carbocycles. The van der Waals surface area contributed by atoms with Gasteiger partial charge in [-0.05, 0) is 24.5 Å². The van der Waals surface area contributed by atoms with Gasteiger partial charge in [-0.1, -0.05) is 32.0 Å². The van der Waals surface area contributed by atoms with Crippen LogP contribution in [-0.4, -0.2) is 57.6 Å². The lowest BCUT2D eigenvalue weighted by atomic mass is 10.0. The molecule has 0 bridgehead atoms. The number of carboxylic acid groups (broad SMARTS) is 1. The zero-order valence-corrected chi connectivity index (χ0v) is 16.7. The Morgan fingerprint density at radius 1 is 1.18 bits per heavy atom.